The Labute approximate surface area is 118 Å². The van der Waals surface area contributed by atoms with Gasteiger partial charge in [-0.15, -0.1) is 0 Å². The smallest absolute Gasteiger partial charge is 0.246 e. The maximum atomic E-state index is 5.43. The topological polar surface area (TPSA) is 42.2 Å². The average molecular weight is 269 g/mol. The van der Waals surface area contributed by atoms with E-state index in [0.29, 0.717) is 12.0 Å². The van der Waals surface area contributed by atoms with E-state index in [1.165, 1.54) is 30.5 Å². The van der Waals surface area contributed by atoms with E-state index in [2.05, 4.69) is 46.2 Å². The molecule has 2 aliphatic rings. The number of hydrogen-bond acceptors (Lipinski definition) is 4. The number of hydrogen-bond donors (Lipinski definition) is 0. The second-order valence-electron chi connectivity index (χ2n) is 5.96. The highest BCUT2D eigenvalue weighted by molar-refractivity contribution is 5.56. The van der Waals surface area contributed by atoms with Gasteiger partial charge < -0.3 is 9.42 Å². The molecule has 0 amide bonds. The highest BCUT2D eigenvalue weighted by Gasteiger charge is 2.30. The minimum absolute atomic E-state index is 0.515. The number of nitrogens with zero attached hydrogens (tertiary/aromatic N) is 3. The second-order valence-corrected chi connectivity index (χ2v) is 5.96. The van der Waals surface area contributed by atoms with Crippen LogP contribution >= 0.6 is 0 Å². The molecule has 0 saturated heterocycles. The fourth-order valence-electron chi connectivity index (χ4n) is 2.99. The quantitative estimate of drug-likeness (QED) is 0.857. The molecule has 0 spiro atoms. The van der Waals surface area contributed by atoms with Crippen molar-refractivity contribution in [3.8, 4) is 0 Å². The predicted molar refractivity (Wildman–Crippen MR) is 76.7 cm³/mol. The monoisotopic (exact) mass is 269 g/mol. The van der Waals surface area contributed by atoms with E-state index < -0.39 is 0 Å². The first-order valence-electron chi connectivity index (χ1n) is 7.48. The van der Waals surface area contributed by atoms with Crippen molar-refractivity contribution in [2.75, 3.05) is 4.90 Å². The van der Waals surface area contributed by atoms with Crippen molar-refractivity contribution in [1.29, 1.82) is 0 Å². The molecule has 1 aliphatic carbocycles. The molecular formula is C16H19N3O. The summed E-state index contributed by atoms with van der Waals surface area (Å²) in [5.41, 5.74) is 2.74. The molecule has 0 N–H and O–H groups in total. The van der Waals surface area contributed by atoms with E-state index in [1.54, 1.807) is 0 Å². The molecule has 1 aromatic heterocycles. The molecule has 2 heterocycles. The third kappa shape index (κ3) is 2.09. The van der Waals surface area contributed by atoms with Gasteiger partial charge in [0.1, 0.15) is 0 Å². The predicted octanol–water partition coefficient (Wildman–Crippen LogP) is 3.29. The Balaban J connectivity index is 1.60. The summed E-state index contributed by atoms with van der Waals surface area (Å²) >= 11 is 0. The van der Waals surface area contributed by atoms with Crippen molar-refractivity contribution < 1.29 is 4.52 Å². The lowest BCUT2D eigenvalue weighted by molar-refractivity contribution is 0.364. The van der Waals surface area contributed by atoms with Gasteiger partial charge in [0.25, 0.3) is 0 Å². The number of aromatic nitrogens is 2. The molecule has 4 heteroatoms. The fraction of sp³-hybridized carbons (Fsp3) is 0.500. The third-order valence-corrected chi connectivity index (χ3v) is 4.40. The number of fused-ring (bicyclic) bond motifs is 1. The Bertz CT molecular complexity index is 618. The molecule has 1 aliphatic heterocycles. The van der Waals surface area contributed by atoms with Crippen molar-refractivity contribution in [3.05, 3.63) is 41.5 Å². The van der Waals surface area contributed by atoms with Gasteiger partial charge in [-0.25, -0.2) is 0 Å². The first-order chi connectivity index (χ1) is 9.81. The SMILES string of the molecule is C[C@H]1CCc2ccccc2N1Cc1nc(C2CC2)no1. The van der Waals surface area contributed by atoms with E-state index in [0.717, 1.165) is 24.7 Å². The molecule has 1 saturated carbocycles. The van der Waals surface area contributed by atoms with Gasteiger partial charge in [0.15, 0.2) is 5.82 Å². The van der Waals surface area contributed by atoms with Crippen molar-refractivity contribution >= 4 is 5.69 Å². The summed E-state index contributed by atoms with van der Waals surface area (Å²) in [6.45, 7) is 2.99. The first-order valence-corrected chi connectivity index (χ1v) is 7.48. The Kier molecular flexibility index (Phi) is 2.76. The minimum atomic E-state index is 0.515. The highest BCUT2D eigenvalue weighted by Crippen LogP contribution is 2.38. The molecule has 104 valence electrons. The van der Waals surface area contributed by atoms with Crippen LogP contribution in [0.15, 0.2) is 28.8 Å². The van der Waals surface area contributed by atoms with Crippen LogP contribution in [0.4, 0.5) is 5.69 Å². The van der Waals surface area contributed by atoms with Crippen LogP contribution in [-0.2, 0) is 13.0 Å². The Hall–Kier alpha value is -1.84. The van der Waals surface area contributed by atoms with Crippen molar-refractivity contribution in [2.45, 2.75) is 51.1 Å². The molecule has 1 atom stereocenters. The fourth-order valence-corrected chi connectivity index (χ4v) is 2.99. The van der Waals surface area contributed by atoms with E-state index >= 15 is 0 Å². The van der Waals surface area contributed by atoms with Crippen molar-refractivity contribution in [1.82, 2.24) is 10.1 Å². The largest absolute Gasteiger partial charge is 0.359 e. The molecular weight excluding hydrogens is 250 g/mol. The Morgan fingerprint density at radius 1 is 1.25 bits per heavy atom. The van der Waals surface area contributed by atoms with Crippen LogP contribution in [0.3, 0.4) is 0 Å². The lowest BCUT2D eigenvalue weighted by Gasteiger charge is -2.36. The second kappa shape index (κ2) is 4.62. The van der Waals surface area contributed by atoms with Crippen LogP contribution < -0.4 is 4.90 Å². The third-order valence-electron chi connectivity index (χ3n) is 4.40. The zero-order valence-corrected chi connectivity index (χ0v) is 11.7. The highest BCUT2D eigenvalue weighted by atomic mass is 16.5. The van der Waals surface area contributed by atoms with Gasteiger partial charge in [-0.05, 0) is 44.2 Å². The van der Waals surface area contributed by atoms with Gasteiger partial charge in [0.05, 0.1) is 6.54 Å². The van der Waals surface area contributed by atoms with Crippen LogP contribution in [-0.4, -0.2) is 16.2 Å². The molecule has 2 aromatic rings. The van der Waals surface area contributed by atoms with Crippen LogP contribution in [0.25, 0.3) is 0 Å². The summed E-state index contributed by atoms with van der Waals surface area (Å²) in [5, 5.41) is 4.11. The van der Waals surface area contributed by atoms with Crippen molar-refractivity contribution in [2.24, 2.45) is 0 Å². The lowest BCUT2D eigenvalue weighted by Crippen LogP contribution is -2.36. The van der Waals surface area contributed by atoms with E-state index in [9.17, 15) is 0 Å². The Morgan fingerprint density at radius 3 is 2.95 bits per heavy atom. The summed E-state index contributed by atoms with van der Waals surface area (Å²) in [7, 11) is 0. The molecule has 1 aromatic carbocycles. The summed E-state index contributed by atoms with van der Waals surface area (Å²) in [6.07, 6.45) is 4.76. The number of anilines is 1. The molecule has 4 rings (SSSR count). The number of rotatable bonds is 3. The average Bonchev–Trinajstić information content (AvgIpc) is 3.22. The number of para-hydroxylation sites is 1. The summed E-state index contributed by atoms with van der Waals surface area (Å²) < 4.78 is 5.43. The number of aryl methyl sites for hydroxylation is 1. The zero-order chi connectivity index (χ0) is 13.5. The lowest BCUT2D eigenvalue weighted by atomic mass is 9.97. The molecule has 0 radical (unpaired) electrons. The van der Waals surface area contributed by atoms with E-state index in [-0.39, 0.29) is 0 Å². The van der Waals surface area contributed by atoms with Gasteiger partial charge in [-0.3, -0.25) is 0 Å². The first kappa shape index (κ1) is 11.9. The molecule has 20 heavy (non-hydrogen) atoms. The van der Waals surface area contributed by atoms with Gasteiger partial charge in [-0.2, -0.15) is 4.98 Å². The van der Waals surface area contributed by atoms with Crippen LogP contribution in [0, 0.1) is 0 Å². The minimum Gasteiger partial charge on any atom is -0.359 e. The van der Waals surface area contributed by atoms with Crippen LogP contribution in [0.1, 0.15) is 49.4 Å². The molecule has 1 fully saturated rings. The zero-order valence-electron chi connectivity index (χ0n) is 11.7. The van der Waals surface area contributed by atoms with E-state index in [4.69, 9.17) is 4.52 Å². The van der Waals surface area contributed by atoms with Crippen LogP contribution in [0.5, 0.6) is 0 Å². The maximum Gasteiger partial charge on any atom is 0.246 e. The maximum absolute atomic E-state index is 5.43. The molecule has 4 nitrogen and oxygen atoms in total. The number of benzene rings is 1. The van der Waals surface area contributed by atoms with Gasteiger partial charge >= 0.3 is 0 Å². The van der Waals surface area contributed by atoms with Crippen molar-refractivity contribution in [3.63, 3.8) is 0 Å². The van der Waals surface area contributed by atoms with Gasteiger partial charge in [-0.1, -0.05) is 23.4 Å². The Morgan fingerprint density at radius 2 is 2.10 bits per heavy atom. The van der Waals surface area contributed by atoms with Crippen LogP contribution in [0.2, 0.25) is 0 Å². The molecule has 0 unspecified atom stereocenters. The summed E-state index contributed by atoms with van der Waals surface area (Å²) in [4.78, 5) is 6.95. The summed E-state index contributed by atoms with van der Waals surface area (Å²) in [5.74, 6) is 2.20. The van der Waals surface area contributed by atoms with E-state index in [1.807, 2.05) is 0 Å². The van der Waals surface area contributed by atoms with Gasteiger partial charge in [0.2, 0.25) is 5.89 Å². The summed E-state index contributed by atoms with van der Waals surface area (Å²) in [6, 6.07) is 9.15. The molecule has 0 bridgehead atoms. The standard InChI is InChI=1S/C16H19N3O/c1-11-6-7-12-4-2-3-5-14(12)19(11)10-15-17-16(18-20-15)13-8-9-13/h2-5,11,13H,6-10H2,1H3/t11-/m0/s1. The normalized spacial score (nSPS) is 21.9. The van der Waals surface area contributed by atoms with Gasteiger partial charge in [0, 0.05) is 17.6 Å².